The van der Waals surface area contributed by atoms with Gasteiger partial charge in [-0.15, -0.1) is 10.2 Å². The summed E-state index contributed by atoms with van der Waals surface area (Å²) < 4.78 is 50.1. The standard InChI is InChI=1S/C23H27N3O6S/c1-15-8-9-16(14-20(15)33(27,28)26-10-6-5-7-11-26)22-24-25-23(32-22)17-12-18(29-2)21(31-4)19(13-17)30-3/h8-9,12-14H,5-7,10-11H2,1-4H3. The Kier molecular flexibility index (Phi) is 6.57. The van der Waals surface area contributed by atoms with Crippen molar-refractivity contribution in [1.29, 1.82) is 0 Å². The highest BCUT2D eigenvalue weighted by atomic mass is 32.2. The van der Waals surface area contributed by atoms with Crippen LogP contribution in [0.3, 0.4) is 0 Å². The van der Waals surface area contributed by atoms with Crippen molar-refractivity contribution in [2.45, 2.75) is 31.1 Å². The molecule has 33 heavy (non-hydrogen) atoms. The maximum absolute atomic E-state index is 13.2. The minimum Gasteiger partial charge on any atom is -0.493 e. The van der Waals surface area contributed by atoms with E-state index >= 15 is 0 Å². The van der Waals surface area contributed by atoms with Crippen LogP contribution in [0.2, 0.25) is 0 Å². The summed E-state index contributed by atoms with van der Waals surface area (Å²) >= 11 is 0. The Hall–Kier alpha value is -3.11. The van der Waals surface area contributed by atoms with Gasteiger partial charge in [-0.3, -0.25) is 0 Å². The Balaban J connectivity index is 1.71. The van der Waals surface area contributed by atoms with Crippen molar-refractivity contribution in [3.05, 3.63) is 35.9 Å². The van der Waals surface area contributed by atoms with Gasteiger partial charge in [-0.25, -0.2) is 8.42 Å². The summed E-state index contributed by atoms with van der Waals surface area (Å²) in [6.45, 7) is 2.87. The van der Waals surface area contributed by atoms with Crippen molar-refractivity contribution < 1.29 is 27.0 Å². The van der Waals surface area contributed by atoms with Gasteiger partial charge in [-0.1, -0.05) is 12.5 Å². The monoisotopic (exact) mass is 473 g/mol. The molecule has 2 heterocycles. The number of nitrogens with zero attached hydrogens (tertiary/aromatic N) is 3. The predicted molar refractivity (Wildman–Crippen MR) is 122 cm³/mol. The van der Waals surface area contributed by atoms with Crippen molar-refractivity contribution in [1.82, 2.24) is 14.5 Å². The van der Waals surface area contributed by atoms with E-state index in [1.54, 1.807) is 41.6 Å². The quantitative estimate of drug-likeness (QED) is 0.509. The maximum atomic E-state index is 13.2. The van der Waals surface area contributed by atoms with Crippen LogP contribution >= 0.6 is 0 Å². The van der Waals surface area contributed by atoms with Gasteiger partial charge >= 0.3 is 0 Å². The fraction of sp³-hybridized carbons (Fsp3) is 0.391. The highest BCUT2D eigenvalue weighted by Gasteiger charge is 2.28. The molecule has 4 rings (SSSR count). The number of hydrogen-bond acceptors (Lipinski definition) is 8. The van der Waals surface area contributed by atoms with Gasteiger partial charge in [0.05, 0.1) is 26.2 Å². The Bertz CT molecular complexity index is 1220. The average molecular weight is 474 g/mol. The first kappa shape index (κ1) is 23.1. The van der Waals surface area contributed by atoms with E-state index in [1.807, 2.05) is 0 Å². The van der Waals surface area contributed by atoms with Crippen molar-refractivity contribution in [2.75, 3.05) is 34.4 Å². The van der Waals surface area contributed by atoms with Crippen LogP contribution in [0.1, 0.15) is 24.8 Å². The molecule has 3 aromatic rings. The first-order chi connectivity index (χ1) is 15.9. The highest BCUT2D eigenvalue weighted by Crippen LogP contribution is 2.41. The second-order valence-electron chi connectivity index (χ2n) is 7.77. The van der Waals surface area contributed by atoms with Gasteiger partial charge in [0.2, 0.25) is 27.6 Å². The van der Waals surface area contributed by atoms with Gasteiger partial charge < -0.3 is 18.6 Å². The van der Waals surface area contributed by atoms with E-state index < -0.39 is 10.0 Å². The van der Waals surface area contributed by atoms with Gasteiger partial charge in [0.1, 0.15) is 0 Å². The molecule has 1 aromatic heterocycles. The molecule has 1 aliphatic heterocycles. The lowest BCUT2D eigenvalue weighted by molar-refractivity contribution is 0.324. The van der Waals surface area contributed by atoms with E-state index in [1.165, 1.54) is 21.3 Å². The molecule has 0 atom stereocenters. The summed E-state index contributed by atoms with van der Waals surface area (Å²) in [7, 11) is 0.977. The molecule has 0 amide bonds. The molecule has 2 aromatic carbocycles. The maximum Gasteiger partial charge on any atom is 0.248 e. The van der Waals surface area contributed by atoms with Crippen LogP contribution < -0.4 is 14.2 Å². The Morgan fingerprint density at radius 1 is 0.848 bits per heavy atom. The third kappa shape index (κ3) is 4.40. The predicted octanol–water partition coefficient (Wildman–Crippen LogP) is 3.91. The van der Waals surface area contributed by atoms with E-state index in [4.69, 9.17) is 18.6 Å². The molecular weight excluding hydrogens is 446 g/mol. The lowest BCUT2D eigenvalue weighted by Crippen LogP contribution is -2.35. The zero-order valence-electron chi connectivity index (χ0n) is 19.1. The average Bonchev–Trinajstić information content (AvgIpc) is 3.34. The molecule has 0 aliphatic carbocycles. The second kappa shape index (κ2) is 9.40. The van der Waals surface area contributed by atoms with Gasteiger partial charge in [-0.2, -0.15) is 4.31 Å². The molecule has 0 saturated carbocycles. The number of benzene rings is 2. The van der Waals surface area contributed by atoms with Crippen LogP contribution in [-0.4, -0.2) is 57.3 Å². The zero-order chi connectivity index (χ0) is 23.6. The first-order valence-corrected chi connectivity index (χ1v) is 12.1. The molecule has 0 radical (unpaired) electrons. The first-order valence-electron chi connectivity index (χ1n) is 10.6. The van der Waals surface area contributed by atoms with E-state index in [0.29, 0.717) is 47.0 Å². The minimum absolute atomic E-state index is 0.217. The summed E-state index contributed by atoms with van der Waals surface area (Å²) in [5.41, 5.74) is 1.78. The van der Waals surface area contributed by atoms with Crippen molar-refractivity contribution in [3.63, 3.8) is 0 Å². The lowest BCUT2D eigenvalue weighted by Gasteiger charge is -2.26. The number of ether oxygens (including phenoxy) is 3. The number of hydrogen-bond donors (Lipinski definition) is 0. The molecule has 9 nitrogen and oxygen atoms in total. The molecule has 10 heteroatoms. The smallest absolute Gasteiger partial charge is 0.248 e. The molecule has 0 bridgehead atoms. The Labute approximate surface area is 193 Å². The zero-order valence-corrected chi connectivity index (χ0v) is 19.9. The minimum atomic E-state index is -3.60. The normalized spacial score (nSPS) is 14.8. The second-order valence-corrected chi connectivity index (χ2v) is 9.68. The van der Waals surface area contributed by atoms with Gasteiger partial charge in [-0.05, 0) is 49.6 Å². The van der Waals surface area contributed by atoms with Crippen LogP contribution in [0.25, 0.3) is 22.9 Å². The number of sulfonamides is 1. The molecule has 0 spiro atoms. The molecule has 0 N–H and O–H groups in total. The lowest BCUT2D eigenvalue weighted by atomic mass is 10.1. The van der Waals surface area contributed by atoms with Crippen molar-refractivity contribution in [3.8, 4) is 40.2 Å². The van der Waals surface area contributed by atoms with E-state index in [0.717, 1.165) is 19.3 Å². The summed E-state index contributed by atoms with van der Waals surface area (Å²) in [6.07, 6.45) is 2.80. The molecular formula is C23H27N3O6S. The van der Waals surface area contributed by atoms with Gasteiger partial charge in [0.15, 0.2) is 11.5 Å². The fourth-order valence-corrected chi connectivity index (χ4v) is 5.68. The number of methoxy groups -OCH3 is 3. The summed E-state index contributed by atoms with van der Waals surface area (Å²) in [5, 5.41) is 8.29. The fourth-order valence-electron chi connectivity index (χ4n) is 3.92. The van der Waals surface area contributed by atoms with Crippen LogP contribution in [0.4, 0.5) is 0 Å². The molecule has 0 unspecified atom stereocenters. The van der Waals surface area contributed by atoms with Crippen LogP contribution in [0.15, 0.2) is 39.6 Å². The molecule has 1 fully saturated rings. The summed E-state index contributed by atoms with van der Waals surface area (Å²) in [6, 6.07) is 8.55. The molecule has 1 saturated heterocycles. The largest absolute Gasteiger partial charge is 0.493 e. The van der Waals surface area contributed by atoms with Crippen LogP contribution in [-0.2, 0) is 10.0 Å². The third-order valence-electron chi connectivity index (χ3n) is 5.70. The van der Waals surface area contributed by atoms with Crippen LogP contribution in [0.5, 0.6) is 17.2 Å². The number of aryl methyl sites for hydroxylation is 1. The summed E-state index contributed by atoms with van der Waals surface area (Å²) in [5.74, 6) is 1.82. The third-order valence-corrected chi connectivity index (χ3v) is 7.75. The molecule has 1 aliphatic rings. The number of rotatable bonds is 7. The number of aromatic nitrogens is 2. The molecule has 176 valence electrons. The Morgan fingerprint density at radius 3 is 2.03 bits per heavy atom. The van der Waals surface area contributed by atoms with E-state index in [-0.39, 0.29) is 16.7 Å². The van der Waals surface area contributed by atoms with Crippen LogP contribution in [0, 0.1) is 6.92 Å². The Morgan fingerprint density at radius 2 is 1.45 bits per heavy atom. The van der Waals surface area contributed by atoms with E-state index in [9.17, 15) is 8.42 Å². The number of piperidine rings is 1. The highest BCUT2D eigenvalue weighted by molar-refractivity contribution is 7.89. The van der Waals surface area contributed by atoms with Crippen molar-refractivity contribution >= 4 is 10.0 Å². The van der Waals surface area contributed by atoms with Crippen molar-refractivity contribution in [2.24, 2.45) is 0 Å². The van der Waals surface area contributed by atoms with Gasteiger partial charge in [0.25, 0.3) is 0 Å². The van der Waals surface area contributed by atoms with Gasteiger partial charge in [0, 0.05) is 24.2 Å². The summed E-state index contributed by atoms with van der Waals surface area (Å²) in [4.78, 5) is 0.259. The topological polar surface area (TPSA) is 104 Å². The van der Waals surface area contributed by atoms with E-state index in [2.05, 4.69) is 10.2 Å². The SMILES string of the molecule is COc1cc(-c2nnc(-c3ccc(C)c(S(=O)(=O)N4CCCCC4)c3)o2)cc(OC)c1OC.